The van der Waals surface area contributed by atoms with Gasteiger partial charge in [-0.05, 0) is 48.8 Å². The van der Waals surface area contributed by atoms with E-state index in [0.717, 1.165) is 24.9 Å². The highest BCUT2D eigenvalue weighted by molar-refractivity contribution is 5.32. The summed E-state index contributed by atoms with van der Waals surface area (Å²) in [6.07, 6.45) is 3.98. The van der Waals surface area contributed by atoms with E-state index in [9.17, 15) is 0 Å². The Kier molecular flexibility index (Phi) is 4.00. The summed E-state index contributed by atoms with van der Waals surface area (Å²) in [6.45, 7) is 6.82. The quantitative estimate of drug-likeness (QED) is 0.815. The minimum Gasteiger partial charge on any atom is -0.316 e. The van der Waals surface area contributed by atoms with Crippen molar-refractivity contribution in [2.24, 2.45) is 5.92 Å². The molecule has 1 aromatic carbocycles. The molecule has 0 heterocycles. The maximum Gasteiger partial charge on any atom is 0.00203 e. The summed E-state index contributed by atoms with van der Waals surface area (Å²) in [7, 11) is 0. The van der Waals surface area contributed by atoms with Crippen molar-refractivity contribution < 1.29 is 0 Å². The largest absolute Gasteiger partial charge is 0.316 e. The first-order chi connectivity index (χ1) is 7.77. The van der Waals surface area contributed by atoms with Crippen molar-refractivity contribution in [3.63, 3.8) is 0 Å². The van der Waals surface area contributed by atoms with Crippen LogP contribution >= 0.6 is 0 Å². The van der Waals surface area contributed by atoms with Crippen molar-refractivity contribution >= 4 is 0 Å². The summed E-state index contributed by atoms with van der Waals surface area (Å²) < 4.78 is 0. The number of hydrogen-bond acceptors (Lipinski definition) is 1. The van der Waals surface area contributed by atoms with Crippen LogP contribution in [-0.2, 0) is 6.42 Å². The Bertz CT molecular complexity index is 330. The molecule has 1 unspecified atom stereocenters. The van der Waals surface area contributed by atoms with E-state index in [1.54, 1.807) is 11.1 Å². The van der Waals surface area contributed by atoms with Gasteiger partial charge in [0.15, 0.2) is 0 Å². The van der Waals surface area contributed by atoms with Gasteiger partial charge in [-0.3, -0.25) is 0 Å². The minimum absolute atomic E-state index is 0.740. The van der Waals surface area contributed by atoms with E-state index in [1.807, 2.05) is 0 Å². The fraction of sp³-hybridized carbons (Fsp3) is 0.600. The predicted molar refractivity (Wildman–Crippen MR) is 69.8 cm³/mol. The lowest BCUT2D eigenvalue weighted by molar-refractivity contribution is 0.477. The maximum atomic E-state index is 3.60. The Hall–Kier alpha value is -0.820. The molecule has 0 spiro atoms. The Balaban J connectivity index is 1.96. The second-order valence-corrected chi connectivity index (χ2v) is 5.34. The predicted octanol–water partition coefficient (Wildman–Crippen LogP) is 3.35. The van der Waals surface area contributed by atoms with Crippen LogP contribution < -0.4 is 5.32 Å². The van der Waals surface area contributed by atoms with Crippen molar-refractivity contribution in [3.8, 4) is 0 Å². The standard InChI is InChI=1S/C15H23N/c1-12(2)10-16-11-14-8-5-7-13-6-3-4-9-15(13)14/h3-4,6,9,12,14,16H,5,7-8,10-11H2,1-2H3. The van der Waals surface area contributed by atoms with Crippen molar-refractivity contribution in [3.05, 3.63) is 35.4 Å². The van der Waals surface area contributed by atoms with E-state index in [1.165, 1.54) is 19.3 Å². The van der Waals surface area contributed by atoms with Crippen LogP contribution in [0, 0.1) is 5.92 Å². The molecule has 0 bridgehead atoms. The fourth-order valence-electron chi connectivity index (χ4n) is 2.61. The molecule has 1 nitrogen and oxygen atoms in total. The van der Waals surface area contributed by atoms with Crippen LogP contribution in [0.3, 0.4) is 0 Å². The monoisotopic (exact) mass is 217 g/mol. The molecular weight excluding hydrogens is 194 g/mol. The second-order valence-electron chi connectivity index (χ2n) is 5.34. The molecule has 0 saturated heterocycles. The number of nitrogens with one attached hydrogen (secondary N) is 1. The number of rotatable bonds is 4. The average molecular weight is 217 g/mol. The Labute approximate surface area is 99.3 Å². The van der Waals surface area contributed by atoms with Gasteiger partial charge in [-0.1, -0.05) is 38.1 Å². The minimum atomic E-state index is 0.740. The maximum absolute atomic E-state index is 3.60. The van der Waals surface area contributed by atoms with Gasteiger partial charge >= 0.3 is 0 Å². The van der Waals surface area contributed by atoms with Crippen LogP contribution in [0.5, 0.6) is 0 Å². The summed E-state index contributed by atoms with van der Waals surface area (Å²) in [5, 5.41) is 3.60. The van der Waals surface area contributed by atoms with Crippen molar-refractivity contribution in [2.75, 3.05) is 13.1 Å². The lowest BCUT2D eigenvalue weighted by atomic mass is 9.83. The van der Waals surface area contributed by atoms with Gasteiger partial charge in [0.25, 0.3) is 0 Å². The van der Waals surface area contributed by atoms with Crippen LogP contribution in [0.4, 0.5) is 0 Å². The summed E-state index contributed by atoms with van der Waals surface area (Å²) in [5.74, 6) is 1.49. The van der Waals surface area contributed by atoms with Gasteiger partial charge in [-0.2, -0.15) is 0 Å². The van der Waals surface area contributed by atoms with E-state index in [4.69, 9.17) is 0 Å². The zero-order valence-electron chi connectivity index (χ0n) is 10.5. The number of benzene rings is 1. The second kappa shape index (κ2) is 5.49. The number of aryl methyl sites for hydroxylation is 1. The van der Waals surface area contributed by atoms with E-state index in [0.29, 0.717) is 0 Å². The SMILES string of the molecule is CC(C)CNCC1CCCc2ccccc21. The van der Waals surface area contributed by atoms with Crippen molar-refractivity contribution in [1.29, 1.82) is 0 Å². The lowest BCUT2D eigenvalue weighted by Gasteiger charge is -2.26. The molecule has 0 amide bonds. The molecule has 0 aliphatic heterocycles. The van der Waals surface area contributed by atoms with Gasteiger partial charge in [0.05, 0.1) is 0 Å². The topological polar surface area (TPSA) is 12.0 Å². The molecule has 1 aliphatic rings. The van der Waals surface area contributed by atoms with Crippen LogP contribution in [0.15, 0.2) is 24.3 Å². The molecule has 1 heteroatoms. The molecule has 0 aromatic heterocycles. The Morgan fingerprint density at radius 2 is 2.12 bits per heavy atom. The smallest absolute Gasteiger partial charge is 0.00203 e. The van der Waals surface area contributed by atoms with Gasteiger partial charge in [0.1, 0.15) is 0 Å². The van der Waals surface area contributed by atoms with E-state index < -0.39 is 0 Å². The van der Waals surface area contributed by atoms with Crippen LogP contribution in [-0.4, -0.2) is 13.1 Å². The first kappa shape index (κ1) is 11.7. The number of fused-ring (bicyclic) bond motifs is 1. The summed E-state index contributed by atoms with van der Waals surface area (Å²) in [5.41, 5.74) is 3.16. The van der Waals surface area contributed by atoms with Crippen molar-refractivity contribution in [1.82, 2.24) is 5.32 Å². The number of hydrogen-bond donors (Lipinski definition) is 1. The third kappa shape index (κ3) is 2.85. The fourth-order valence-corrected chi connectivity index (χ4v) is 2.61. The molecule has 0 saturated carbocycles. The molecule has 0 radical (unpaired) electrons. The Morgan fingerprint density at radius 1 is 1.31 bits per heavy atom. The molecule has 2 rings (SSSR count). The van der Waals surface area contributed by atoms with Gasteiger partial charge in [0.2, 0.25) is 0 Å². The van der Waals surface area contributed by atoms with Crippen LogP contribution in [0.25, 0.3) is 0 Å². The molecule has 88 valence electrons. The Morgan fingerprint density at radius 3 is 2.94 bits per heavy atom. The van der Waals surface area contributed by atoms with Gasteiger partial charge in [0, 0.05) is 6.54 Å². The highest BCUT2D eigenvalue weighted by atomic mass is 14.9. The molecule has 1 aliphatic carbocycles. The molecule has 0 fully saturated rings. The summed E-state index contributed by atoms with van der Waals surface area (Å²) >= 11 is 0. The van der Waals surface area contributed by atoms with Crippen molar-refractivity contribution in [2.45, 2.75) is 39.0 Å². The first-order valence-corrected chi connectivity index (χ1v) is 6.56. The molecule has 1 N–H and O–H groups in total. The zero-order valence-corrected chi connectivity index (χ0v) is 10.5. The third-order valence-corrected chi connectivity index (χ3v) is 3.44. The highest BCUT2D eigenvalue weighted by Gasteiger charge is 2.18. The first-order valence-electron chi connectivity index (χ1n) is 6.56. The lowest BCUT2D eigenvalue weighted by Crippen LogP contribution is -2.27. The van der Waals surface area contributed by atoms with E-state index >= 15 is 0 Å². The summed E-state index contributed by atoms with van der Waals surface area (Å²) in [6, 6.07) is 8.96. The molecular formula is C15H23N. The van der Waals surface area contributed by atoms with Gasteiger partial charge < -0.3 is 5.32 Å². The summed E-state index contributed by atoms with van der Waals surface area (Å²) in [4.78, 5) is 0. The average Bonchev–Trinajstić information content (AvgIpc) is 2.29. The molecule has 1 atom stereocenters. The van der Waals surface area contributed by atoms with Crippen LogP contribution in [0.1, 0.15) is 43.7 Å². The molecule has 16 heavy (non-hydrogen) atoms. The normalized spacial score (nSPS) is 19.8. The zero-order chi connectivity index (χ0) is 11.4. The highest BCUT2D eigenvalue weighted by Crippen LogP contribution is 2.30. The third-order valence-electron chi connectivity index (χ3n) is 3.44. The molecule has 1 aromatic rings. The van der Waals surface area contributed by atoms with E-state index in [-0.39, 0.29) is 0 Å². The van der Waals surface area contributed by atoms with Gasteiger partial charge in [-0.25, -0.2) is 0 Å². The van der Waals surface area contributed by atoms with Gasteiger partial charge in [-0.15, -0.1) is 0 Å². The van der Waals surface area contributed by atoms with E-state index in [2.05, 4.69) is 43.4 Å². The van der Waals surface area contributed by atoms with Crippen LogP contribution in [0.2, 0.25) is 0 Å².